The number of nitrogens with two attached hydrogens (primary N) is 1. The molecule has 0 saturated heterocycles. The van der Waals surface area contributed by atoms with Crippen LogP contribution in [0.2, 0.25) is 0 Å². The van der Waals surface area contributed by atoms with E-state index in [2.05, 4.69) is 13.0 Å². The van der Waals surface area contributed by atoms with Crippen LogP contribution < -0.4 is 10.5 Å². The topological polar surface area (TPSA) is 119 Å². The molecule has 1 aromatic rings. The molecule has 0 spiro atoms. The molecule has 1 saturated carbocycles. The van der Waals surface area contributed by atoms with Crippen LogP contribution in [0, 0.1) is 17.8 Å². The van der Waals surface area contributed by atoms with Crippen LogP contribution in [0.25, 0.3) is 0 Å². The zero-order valence-corrected chi connectivity index (χ0v) is 19.0. The van der Waals surface area contributed by atoms with Crippen molar-refractivity contribution in [1.29, 1.82) is 0 Å². The molecule has 0 aromatic heterocycles. The van der Waals surface area contributed by atoms with Gasteiger partial charge in [-0.05, 0) is 79.9 Å². The number of benzene rings is 1. The number of carbonyl (C=O) groups is 2. The largest absolute Gasteiger partial charge is 0.482 e. The molecule has 0 amide bonds. The van der Waals surface area contributed by atoms with Gasteiger partial charge in [-0.2, -0.15) is 0 Å². The highest BCUT2D eigenvalue weighted by molar-refractivity contribution is 5.71. The quantitative estimate of drug-likeness (QED) is 0.333. The molecular formula is C25H37NO6. The van der Waals surface area contributed by atoms with E-state index in [0.29, 0.717) is 17.6 Å². The number of aliphatic hydroxyl groups excluding tert-OH is 1. The molecule has 0 aliphatic heterocycles. The van der Waals surface area contributed by atoms with E-state index < -0.39 is 5.97 Å². The Hall–Kier alpha value is -2.12. The van der Waals surface area contributed by atoms with Crippen molar-refractivity contribution in [2.45, 2.75) is 76.9 Å². The Balaban J connectivity index is 1.65. The predicted octanol–water partition coefficient (Wildman–Crippen LogP) is 3.09. The number of ether oxygens (including phenoxy) is 2. The molecule has 2 aliphatic rings. The second-order valence-corrected chi connectivity index (χ2v) is 9.26. The van der Waals surface area contributed by atoms with Gasteiger partial charge in [0.1, 0.15) is 11.9 Å². The van der Waals surface area contributed by atoms with E-state index in [9.17, 15) is 14.7 Å². The zero-order chi connectivity index (χ0) is 23.1. The molecule has 178 valence electrons. The number of rotatable bonds is 12. The van der Waals surface area contributed by atoms with Crippen LogP contribution in [0.5, 0.6) is 5.75 Å². The van der Waals surface area contributed by atoms with Gasteiger partial charge in [0.15, 0.2) is 6.61 Å². The van der Waals surface area contributed by atoms with Gasteiger partial charge in [0.25, 0.3) is 0 Å². The molecule has 0 radical (unpaired) electrons. The number of esters is 1. The fourth-order valence-corrected chi connectivity index (χ4v) is 5.58. The van der Waals surface area contributed by atoms with E-state index in [1.165, 1.54) is 5.56 Å². The minimum Gasteiger partial charge on any atom is -0.482 e. The van der Waals surface area contributed by atoms with Crippen LogP contribution in [0.1, 0.15) is 63.0 Å². The SMILES string of the molecule is CCCCCC(CC[C@@H]1C2Cc3cccc(OCC(=O)O)c3CC2C[C@H]1O)OC(=O)CN. The number of carboxylic acids is 1. The second kappa shape index (κ2) is 11.7. The van der Waals surface area contributed by atoms with E-state index in [1.807, 2.05) is 12.1 Å². The van der Waals surface area contributed by atoms with Gasteiger partial charge in [-0.1, -0.05) is 31.9 Å². The Morgan fingerprint density at radius 1 is 1.22 bits per heavy atom. The summed E-state index contributed by atoms with van der Waals surface area (Å²) in [4.78, 5) is 22.7. The molecule has 1 fully saturated rings. The normalized spacial score (nSPS) is 25.0. The number of hydrogen-bond donors (Lipinski definition) is 3. The van der Waals surface area contributed by atoms with Crippen molar-refractivity contribution in [2.75, 3.05) is 13.2 Å². The first kappa shape index (κ1) is 24.5. The lowest BCUT2D eigenvalue weighted by Gasteiger charge is -2.32. The predicted molar refractivity (Wildman–Crippen MR) is 120 cm³/mol. The van der Waals surface area contributed by atoms with Crippen LogP contribution in [0.15, 0.2) is 18.2 Å². The Morgan fingerprint density at radius 3 is 2.75 bits per heavy atom. The lowest BCUT2D eigenvalue weighted by molar-refractivity contribution is -0.148. The average molecular weight is 448 g/mol. The number of aliphatic hydroxyl groups is 1. The molecule has 4 N–H and O–H groups in total. The molecule has 32 heavy (non-hydrogen) atoms. The van der Waals surface area contributed by atoms with Crippen LogP contribution in [0.3, 0.4) is 0 Å². The summed E-state index contributed by atoms with van der Waals surface area (Å²) in [6.45, 7) is 1.69. The standard InChI is InChI=1S/C25H37NO6/c1-2-3-4-7-18(32-25(30)14-26)9-10-19-20-11-16-6-5-8-23(31-15-24(28)29)21(16)12-17(20)13-22(19)27/h5-6,8,17-20,22,27H,2-4,7,9-15,26H2,1H3,(H,28,29)/t17?,18?,19-,20?,22-/m1/s1. The van der Waals surface area contributed by atoms with Gasteiger partial charge in [-0.3, -0.25) is 4.79 Å². The number of carboxylic acid groups (broad SMARTS) is 1. The first-order valence-corrected chi connectivity index (χ1v) is 12.0. The zero-order valence-electron chi connectivity index (χ0n) is 19.0. The van der Waals surface area contributed by atoms with Gasteiger partial charge in [0.05, 0.1) is 12.6 Å². The summed E-state index contributed by atoms with van der Waals surface area (Å²) < 4.78 is 11.1. The minimum atomic E-state index is -0.989. The third-order valence-electron chi connectivity index (χ3n) is 7.11. The van der Waals surface area contributed by atoms with E-state index in [1.54, 1.807) is 0 Å². The van der Waals surface area contributed by atoms with E-state index in [-0.39, 0.29) is 37.2 Å². The molecule has 3 unspecified atom stereocenters. The monoisotopic (exact) mass is 447 g/mol. The van der Waals surface area contributed by atoms with Crippen molar-refractivity contribution in [2.24, 2.45) is 23.5 Å². The number of unbranched alkanes of at least 4 members (excludes halogenated alkanes) is 2. The summed E-state index contributed by atoms with van der Waals surface area (Å²) in [7, 11) is 0. The highest BCUT2D eigenvalue weighted by atomic mass is 16.5. The maximum Gasteiger partial charge on any atom is 0.341 e. The van der Waals surface area contributed by atoms with Crippen molar-refractivity contribution in [3.8, 4) is 5.75 Å². The first-order valence-electron chi connectivity index (χ1n) is 12.0. The number of hydrogen-bond acceptors (Lipinski definition) is 6. The van der Waals surface area contributed by atoms with Gasteiger partial charge in [0.2, 0.25) is 0 Å². The van der Waals surface area contributed by atoms with Crippen LogP contribution >= 0.6 is 0 Å². The highest BCUT2D eigenvalue weighted by Gasteiger charge is 2.45. The highest BCUT2D eigenvalue weighted by Crippen LogP contribution is 2.48. The lowest BCUT2D eigenvalue weighted by atomic mass is 9.73. The fourth-order valence-electron chi connectivity index (χ4n) is 5.58. The summed E-state index contributed by atoms with van der Waals surface area (Å²) in [5, 5.41) is 19.8. The maximum absolute atomic E-state index is 11.8. The Labute approximate surface area is 190 Å². The van der Waals surface area contributed by atoms with Crippen molar-refractivity contribution in [3.05, 3.63) is 29.3 Å². The minimum absolute atomic E-state index is 0.107. The third kappa shape index (κ3) is 6.23. The van der Waals surface area contributed by atoms with Gasteiger partial charge in [-0.15, -0.1) is 0 Å². The molecular weight excluding hydrogens is 410 g/mol. The molecule has 2 aliphatic carbocycles. The summed E-state index contributed by atoms with van der Waals surface area (Å²) >= 11 is 0. The van der Waals surface area contributed by atoms with Gasteiger partial charge in [-0.25, -0.2) is 4.79 Å². The molecule has 0 heterocycles. The van der Waals surface area contributed by atoms with Crippen molar-refractivity contribution >= 4 is 11.9 Å². The molecule has 0 bridgehead atoms. The Kier molecular flexibility index (Phi) is 8.93. The van der Waals surface area contributed by atoms with Crippen LogP contribution in [-0.4, -0.2) is 47.5 Å². The second-order valence-electron chi connectivity index (χ2n) is 9.26. The number of aliphatic carboxylic acids is 1. The van der Waals surface area contributed by atoms with E-state index in [0.717, 1.165) is 63.4 Å². The summed E-state index contributed by atoms with van der Waals surface area (Å²) in [5.41, 5.74) is 7.70. The molecule has 5 atom stereocenters. The molecule has 7 nitrogen and oxygen atoms in total. The maximum atomic E-state index is 11.8. The smallest absolute Gasteiger partial charge is 0.341 e. The number of fused-ring (bicyclic) bond motifs is 2. The van der Waals surface area contributed by atoms with Gasteiger partial charge in [0, 0.05) is 0 Å². The average Bonchev–Trinajstić information content (AvgIpc) is 3.08. The van der Waals surface area contributed by atoms with Crippen molar-refractivity contribution in [3.63, 3.8) is 0 Å². The van der Waals surface area contributed by atoms with E-state index >= 15 is 0 Å². The molecule has 1 aromatic carbocycles. The summed E-state index contributed by atoms with van der Waals surface area (Å²) in [6, 6.07) is 5.82. The van der Waals surface area contributed by atoms with Gasteiger partial charge >= 0.3 is 11.9 Å². The Morgan fingerprint density at radius 2 is 2.03 bits per heavy atom. The summed E-state index contributed by atoms with van der Waals surface area (Å²) in [5.74, 6) is 0.178. The first-order chi connectivity index (χ1) is 15.4. The third-order valence-corrected chi connectivity index (χ3v) is 7.11. The van der Waals surface area contributed by atoms with E-state index in [4.69, 9.17) is 20.3 Å². The van der Waals surface area contributed by atoms with Gasteiger partial charge < -0.3 is 25.4 Å². The van der Waals surface area contributed by atoms with Crippen molar-refractivity contribution in [1.82, 2.24) is 0 Å². The fraction of sp³-hybridized carbons (Fsp3) is 0.680. The molecule has 7 heteroatoms. The van der Waals surface area contributed by atoms with Crippen LogP contribution in [0.4, 0.5) is 0 Å². The Bertz CT molecular complexity index is 782. The summed E-state index contributed by atoms with van der Waals surface area (Å²) in [6.07, 6.45) is 7.52. The van der Waals surface area contributed by atoms with Crippen LogP contribution in [-0.2, 0) is 27.2 Å². The lowest BCUT2D eigenvalue weighted by Crippen LogP contribution is -2.29. The number of carbonyl (C=O) groups excluding carboxylic acids is 1. The molecule has 3 rings (SSSR count). The van der Waals surface area contributed by atoms with Crippen molar-refractivity contribution < 1.29 is 29.3 Å².